The highest BCUT2D eigenvalue weighted by molar-refractivity contribution is 7.99. The molecular formula is C17H18N2S. The molecule has 0 bridgehead atoms. The van der Waals surface area contributed by atoms with Crippen LogP contribution in [0.3, 0.4) is 0 Å². The van der Waals surface area contributed by atoms with E-state index in [9.17, 15) is 0 Å². The highest BCUT2D eigenvalue weighted by Gasteiger charge is 2.07. The van der Waals surface area contributed by atoms with Gasteiger partial charge in [0.1, 0.15) is 5.03 Å². The molecule has 0 saturated carbocycles. The summed E-state index contributed by atoms with van der Waals surface area (Å²) in [5, 5.41) is 1.14. The second-order valence-corrected chi connectivity index (χ2v) is 5.50. The number of imidazole rings is 1. The van der Waals surface area contributed by atoms with Crippen LogP contribution in [0.1, 0.15) is 11.3 Å². The first-order chi connectivity index (χ1) is 9.70. The number of hydrogen-bond acceptors (Lipinski definition) is 2. The van der Waals surface area contributed by atoms with Gasteiger partial charge in [-0.05, 0) is 25.1 Å². The van der Waals surface area contributed by atoms with Crippen LogP contribution in [-0.4, -0.2) is 9.55 Å². The van der Waals surface area contributed by atoms with Crippen molar-refractivity contribution in [2.75, 3.05) is 0 Å². The summed E-state index contributed by atoms with van der Waals surface area (Å²) in [5.41, 5.74) is 2.25. The van der Waals surface area contributed by atoms with E-state index in [1.165, 1.54) is 10.5 Å². The Bertz CT molecular complexity index is 634. The lowest BCUT2D eigenvalue weighted by atomic mass is 10.2. The molecule has 0 unspecified atom stereocenters. The van der Waals surface area contributed by atoms with Crippen LogP contribution in [0.4, 0.5) is 0 Å². The zero-order chi connectivity index (χ0) is 14.4. The molecule has 0 spiro atoms. The van der Waals surface area contributed by atoms with Gasteiger partial charge < -0.3 is 4.57 Å². The molecule has 0 saturated heterocycles. The number of nitrogens with zero attached hydrogens (tertiary/aromatic N) is 2. The van der Waals surface area contributed by atoms with E-state index in [0.717, 1.165) is 10.7 Å². The third-order valence-electron chi connectivity index (χ3n) is 2.76. The van der Waals surface area contributed by atoms with E-state index in [4.69, 9.17) is 0 Å². The van der Waals surface area contributed by atoms with Crippen LogP contribution in [0.5, 0.6) is 0 Å². The van der Waals surface area contributed by atoms with Crippen molar-refractivity contribution in [3.63, 3.8) is 0 Å². The van der Waals surface area contributed by atoms with Gasteiger partial charge in [-0.15, -0.1) is 0 Å². The van der Waals surface area contributed by atoms with Crippen molar-refractivity contribution in [3.05, 3.63) is 72.7 Å². The fraction of sp³-hybridized carbons (Fsp3) is 0.118. The van der Waals surface area contributed by atoms with Crippen LogP contribution >= 0.6 is 11.8 Å². The van der Waals surface area contributed by atoms with Crippen LogP contribution in [0.25, 0.3) is 6.08 Å². The predicted octanol–water partition coefficient (Wildman–Crippen LogP) is 4.64. The van der Waals surface area contributed by atoms with Gasteiger partial charge in [0.15, 0.2) is 0 Å². The Kier molecular flexibility index (Phi) is 5.02. The molecule has 102 valence electrons. The Morgan fingerprint density at radius 2 is 1.90 bits per heavy atom. The molecule has 0 aliphatic heterocycles. The fourth-order valence-electron chi connectivity index (χ4n) is 1.68. The Morgan fingerprint density at radius 3 is 2.60 bits per heavy atom. The largest absolute Gasteiger partial charge is 0.328 e. The van der Waals surface area contributed by atoms with Gasteiger partial charge in [0, 0.05) is 11.9 Å². The summed E-state index contributed by atoms with van der Waals surface area (Å²) in [6, 6.07) is 8.53. The number of aryl methyl sites for hydroxylation is 2. The SMILES string of the molecule is C=C/C=C\C=C\c1ncn(C)c1Sc1ccc(C)cc1. The normalized spacial score (nSPS) is 11.5. The van der Waals surface area contributed by atoms with Crippen molar-refractivity contribution < 1.29 is 0 Å². The maximum absolute atomic E-state index is 4.42. The summed E-state index contributed by atoms with van der Waals surface area (Å²) < 4.78 is 2.04. The molecule has 0 N–H and O–H groups in total. The lowest BCUT2D eigenvalue weighted by Gasteiger charge is -2.04. The van der Waals surface area contributed by atoms with Crippen molar-refractivity contribution >= 4 is 17.8 Å². The van der Waals surface area contributed by atoms with Crippen LogP contribution < -0.4 is 0 Å². The summed E-state index contributed by atoms with van der Waals surface area (Å²) in [6.07, 6.45) is 11.4. The second-order valence-electron chi connectivity index (χ2n) is 4.44. The maximum Gasteiger partial charge on any atom is 0.107 e. The molecule has 0 aliphatic carbocycles. The van der Waals surface area contributed by atoms with E-state index in [1.54, 1.807) is 17.8 Å². The molecular weight excluding hydrogens is 264 g/mol. The summed E-state index contributed by atoms with van der Waals surface area (Å²) in [4.78, 5) is 5.64. The van der Waals surface area contributed by atoms with Gasteiger partial charge in [0.25, 0.3) is 0 Å². The molecule has 2 rings (SSSR count). The number of hydrogen-bond donors (Lipinski definition) is 0. The van der Waals surface area contributed by atoms with Gasteiger partial charge >= 0.3 is 0 Å². The summed E-state index contributed by atoms with van der Waals surface area (Å²) >= 11 is 1.72. The number of allylic oxidation sites excluding steroid dienone is 4. The van der Waals surface area contributed by atoms with Crippen LogP contribution in [0.2, 0.25) is 0 Å². The number of rotatable bonds is 5. The minimum atomic E-state index is 0.979. The number of aromatic nitrogens is 2. The molecule has 0 radical (unpaired) electrons. The van der Waals surface area contributed by atoms with E-state index in [2.05, 4.69) is 42.8 Å². The first-order valence-corrected chi connectivity index (χ1v) is 7.24. The molecule has 1 heterocycles. The van der Waals surface area contributed by atoms with Crippen molar-refractivity contribution in [3.8, 4) is 0 Å². The Morgan fingerprint density at radius 1 is 1.15 bits per heavy atom. The zero-order valence-electron chi connectivity index (χ0n) is 11.8. The molecule has 0 atom stereocenters. The van der Waals surface area contributed by atoms with E-state index >= 15 is 0 Å². The van der Waals surface area contributed by atoms with E-state index in [0.29, 0.717) is 0 Å². The van der Waals surface area contributed by atoms with Gasteiger partial charge in [-0.2, -0.15) is 0 Å². The molecule has 0 amide bonds. The van der Waals surface area contributed by atoms with Gasteiger partial charge in [0.05, 0.1) is 12.0 Å². The van der Waals surface area contributed by atoms with E-state index in [1.807, 2.05) is 42.2 Å². The van der Waals surface area contributed by atoms with Crippen molar-refractivity contribution in [1.29, 1.82) is 0 Å². The molecule has 1 aromatic heterocycles. The molecule has 20 heavy (non-hydrogen) atoms. The summed E-state index contributed by atoms with van der Waals surface area (Å²) in [7, 11) is 2.01. The fourth-order valence-corrected chi connectivity index (χ4v) is 2.59. The standard InChI is InChI=1S/C17H18N2S/c1-4-5-6-7-8-16-17(19(3)13-18-16)20-15-11-9-14(2)10-12-15/h4-13H,1H2,2-3H3/b6-5-,8-7+. The lowest BCUT2D eigenvalue weighted by molar-refractivity contribution is 0.822. The van der Waals surface area contributed by atoms with Gasteiger partial charge in [0.2, 0.25) is 0 Å². The molecule has 1 aromatic carbocycles. The highest BCUT2D eigenvalue weighted by Crippen LogP contribution is 2.30. The number of benzene rings is 1. The smallest absolute Gasteiger partial charge is 0.107 e. The average Bonchev–Trinajstić information content (AvgIpc) is 2.79. The molecule has 2 nitrogen and oxygen atoms in total. The third-order valence-corrected chi connectivity index (χ3v) is 3.96. The lowest BCUT2D eigenvalue weighted by Crippen LogP contribution is -1.88. The summed E-state index contributed by atoms with van der Waals surface area (Å²) in [6.45, 7) is 5.74. The summed E-state index contributed by atoms with van der Waals surface area (Å²) in [5.74, 6) is 0. The van der Waals surface area contributed by atoms with Crippen LogP contribution in [0.15, 0.2) is 71.4 Å². The molecule has 3 heteroatoms. The predicted molar refractivity (Wildman–Crippen MR) is 86.9 cm³/mol. The Hall–Kier alpha value is -2.00. The quantitative estimate of drug-likeness (QED) is 0.744. The topological polar surface area (TPSA) is 17.8 Å². The van der Waals surface area contributed by atoms with E-state index in [-0.39, 0.29) is 0 Å². The minimum absolute atomic E-state index is 0.979. The monoisotopic (exact) mass is 282 g/mol. The van der Waals surface area contributed by atoms with Crippen LogP contribution in [0, 0.1) is 6.92 Å². The maximum atomic E-state index is 4.42. The second kappa shape index (κ2) is 6.96. The highest BCUT2D eigenvalue weighted by atomic mass is 32.2. The van der Waals surface area contributed by atoms with Gasteiger partial charge in [-0.1, -0.05) is 60.3 Å². The zero-order valence-corrected chi connectivity index (χ0v) is 12.6. The van der Waals surface area contributed by atoms with Gasteiger partial charge in [-0.3, -0.25) is 0 Å². The van der Waals surface area contributed by atoms with Crippen LogP contribution in [-0.2, 0) is 7.05 Å². The van der Waals surface area contributed by atoms with Crippen molar-refractivity contribution in [1.82, 2.24) is 9.55 Å². The average molecular weight is 282 g/mol. The minimum Gasteiger partial charge on any atom is -0.328 e. The third kappa shape index (κ3) is 3.75. The molecule has 0 aliphatic rings. The molecule has 2 aromatic rings. The van der Waals surface area contributed by atoms with Crippen molar-refractivity contribution in [2.24, 2.45) is 7.05 Å². The molecule has 0 fully saturated rings. The van der Waals surface area contributed by atoms with Crippen molar-refractivity contribution in [2.45, 2.75) is 16.8 Å². The van der Waals surface area contributed by atoms with E-state index < -0.39 is 0 Å². The first-order valence-electron chi connectivity index (χ1n) is 6.42. The Balaban J connectivity index is 2.20. The first kappa shape index (κ1) is 14.4. The van der Waals surface area contributed by atoms with Gasteiger partial charge in [-0.25, -0.2) is 4.98 Å². The Labute approximate surface area is 124 Å².